The topological polar surface area (TPSA) is 68.2 Å². The Morgan fingerprint density at radius 2 is 1.77 bits per heavy atom. The van der Waals surface area contributed by atoms with E-state index in [2.05, 4.69) is 4.90 Å². The van der Waals surface area contributed by atoms with Crippen molar-refractivity contribution in [1.29, 1.82) is 0 Å². The minimum absolute atomic E-state index is 0.341. The van der Waals surface area contributed by atoms with Crippen LogP contribution in [0.25, 0.3) is 0 Å². The molecule has 2 aromatic carbocycles. The van der Waals surface area contributed by atoms with Crippen LogP contribution in [0.15, 0.2) is 30.3 Å². The standard InChI is InChI=1S/C22H25Cl2NO5/c1-28-18-9-8-16(20(29-2)21(18)30-3)19(15-7-6-14(23)11-17(15)24)25-10-4-5-13(12-25)22(26)27/h6-9,11,13,19H,4-5,10,12H2,1-3H3,(H,26,27). The van der Waals surface area contributed by atoms with Gasteiger partial charge < -0.3 is 19.3 Å². The Bertz CT molecular complexity index is 921. The van der Waals surface area contributed by atoms with Crippen LogP contribution in [0.4, 0.5) is 0 Å². The summed E-state index contributed by atoms with van der Waals surface area (Å²) in [5, 5.41) is 10.6. The first-order valence-electron chi connectivity index (χ1n) is 9.61. The molecule has 1 fully saturated rings. The molecule has 1 heterocycles. The fourth-order valence-corrected chi connectivity index (χ4v) is 4.58. The molecule has 0 aromatic heterocycles. The van der Waals surface area contributed by atoms with Crippen molar-refractivity contribution >= 4 is 29.2 Å². The molecule has 6 nitrogen and oxygen atoms in total. The molecule has 8 heteroatoms. The predicted octanol–water partition coefficient (Wildman–Crippen LogP) is 4.91. The van der Waals surface area contributed by atoms with Crippen LogP contribution in [0.5, 0.6) is 17.2 Å². The summed E-state index contributed by atoms with van der Waals surface area (Å²) in [7, 11) is 4.68. The van der Waals surface area contributed by atoms with Crippen LogP contribution < -0.4 is 14.2 Å². The Labute approximate surface area is 186 Å². The van der Waals surface area contributed by atoms with Crippen molar-refractivity contribution in [1.82, 2.24) is 4.90 Å². The van der Waals surface area contributed by atoms with Crippen molar-refractivity contribution in [3.8, 4) is 17.2 Å². The summed E-state index contributed by atoms with van der Waals surface area (Å²) in [6.07, 6.45) is 1.42. The van der Waals surface area contributed by atoms with E-state index in [0.29, 0.717) is 40.3 Å². The number of carboxylic acid groups (broad SMARTS) is 1. The van der Waals surface area contributed by atoms with E-state index in [-0.39, 0.29) is 6.04 Å². The lowest BCUT2D eigenvalue weighted by Crippen LogP contribution is -2.41. The maximum atomic E-state index is 11.7. The maximum Gasteiger partial charge on any atom is 0.307 e. The van der Waals surface area contributed by atoms with Gasteiger partial charge in [0, 0.05) is 22.2 Å². The van der Waals surface area contributed by atoms with Gasteiger partial charge in [-0.25, -0.2) is 0 Å². The number of aliphatic carboxylic acids is 1. The van der Waals surface area contributed by atoms with Crippen LogP contribution in [0.1, 0.15) is 30.0 Å². The molecule has 2 unspecified atom stereocenters. The Morgan fingerprint density at radius 3 is 2.37 bits per heavy atom. The molecule has 3 rings (SSSR count). The lowest BCUT2D eigenvalue weighted by Gasteiger charge is -2.38. The van der Waals surface area contributed by atoms with Crippen LogP contribution >= 0.6 is 23.2 Å². The predicted molar refractivity (Wildman–Crippen MR) is 116 cm³/mol. The van der Waals surface area contributed by atoms with Crippen LogP contribution in [0, 0.1) is 5.92 Å². The summed E-state index contributed by atoms with van der Waals surface area (Å²) in [5.74, 6) is 0.296. The third-order valence-electron chi connectivity index (χ3n) is 5.45. The van der Waals surface area contributed by atoms with Crippen molar-refractivity contribution in [2.75, 3.05) is 34.4 Å². The molecule has 1 aliphatic heterocycles. The lowest BCUT2D eigenvalue weighted by molar-refractivity contribution is -0.143. The number of halogens is 2. The van der Waals surface area contributed by atoms with E-state index in [1.807, 2.05) is 18.2 Å². The minimum Gasteiger partial charge on any atom is -0.493 e. The van der Waals surface area contributed by atoms with Crippen molar-refractivity contribution < 1.29 is 24.1 Å². The molecule has 162 valence electrons. The van der Waals surface area contributed by atoms with E-state index in [9.17, 15) is 9.90 Å². The third kappa shape index (κ3) is 4.46. The SMILES string of the molecule is COc1ccc(C(c2ccc(Cl)cc2Cl)N2CCCC(C(=O)O)C2)c(OC)c1OC. The van der Waals surface area contributed by atoms with Gasteiger partial charge in [-0.2, -0.15) is 0 Å². The number of benzene rings is 2. The van der Waals surface area contributed by atoms with Gasteiger partial charge in [-0.3, -0.25) is 9.69 Å². The second kappa shape index (κ2) is 9.77. The number of carbonyl (C=O) groups is 1. The highest BCUT2D eigenvalue weighted by Gasteiger charge is 2.34. The van der Waals surface area contributed by atoms with E-state index in [1.54, 1.807) is 33.5 Å². The number of rotatable bonds is 7. The Kier molecular flexibility index (Phi) is 7.34. The van der Waals surface area contributed by atoms with Crippen LogP contribution in [0.3, 0.4) is 0 Å². The van der Waals surface area contributed by atoms with E-state index >= 15 is 0 Å². The van der Waals surface area contributed by atoms with Crippen molar-refractivity contribution in [2.24, 2.45) is 5.92 Å². The molecule has 0 aliphatic carbocycles. The van der Waals surface area contributed by atoms with Crippen molar-refractivity contribution in [3.05, 3.63) is 51.5 Å². The molecule has 0 bridgehead atoms. The minimum atomic E-state index is -0.792. The Balaban J connectivity index is 2.18. The largest absolute Gasteiger partial charge is 0.493 e. The van der Waals surface area contributed by atoms with Gasteiger partial charge in [0.05, 0.1) is 33.3 Å². The van der Waals surface area contributed by atoms with Gasteiger partial charge in [-0.15, -0.1) is 0 Å². The monoisotopic (exact) mass is 453 g/mol. The molecule has 1 N–H and O–H groups in total. The second-order valence-corrected chi connectivity index (χ2v) is 8.01. The number of ether oxygens (including phenoxy) is 3. The van der Waals surface area contributed by atoms with Gasteiger partial charge in [-0.1, -0.05) is 29.3 Å². The zero-order valence-corrected chi connectivity index (χ0v) is 18.7. The smallest absolute Gasteiger partial charge is 0.307 e. The molecule has 2 atom stereocenters. The Morgan fingerprint density at radius 1 is 1.07 bits per heavy atom. The highest BCUT2D eigenvalue weighted by molar-refractivity contribution is 6.35. The molecule has 1 aliphatic rings. The first-order valence-corrected chi connectivity index (χ1v) is 10.4. The van der Waals surface area contributed by atoms with Gasteiger partial charge in [0.1, 0.15) is 0 Å². The van der Waals surface area contributed by atoms with E-state index in [1.165, 1.54) is 0 Å². The number of carboxylic acids is 1. The number of nitrogens with zero attached hydrogens (tertiary/aromatic N) is 1. The molecular formula is C22H25Cl2NO5. The number of piperidine rings is 1. The molecule has 2 aromatic rings. The summed E-state index contributed by atoms with van der Waals surface area (Å²) in [4.78, 5) is 13.8. The highest BCUT2D eigenvalue weighted by atomic mass is 35.5. The molecule has 30 heavy (non-hydrogen) atoms. The number of hydrogen-bond donors (Lipinski definition) is 1. The summed E-state index contributed by atoms with van der Waals surface area (Å²) < 4.78 is 16.7. The van der Waals surface area contributed by atoms with Gasteiger partial charge in [0.25, 0.3) is 0 Å². The first-order chi connectivity index (χ1) is 14.4. The molecular weight excluding hydrogens is 429 g/mol. The molecule has 0 amide bonds. The number of likely N-dealkylation sites (tertiary alicyclic amines) is 1. The molecule has 0 radical (unpaired) electrons. The molecule has 0 spiro atoms. The fourth-order valence-electron chi connectivity index (χ4n) is 4.07. The van der Waals surface area contributed by atoms with Crippen molar-refractivity contribution in [2.45, 2.75) is 18.9 Å². The van der Waals surface area contributed by atoms with Crippen LogP contribution in [-0.4, -0.2) is 50.4 Å². The number of methoxy groups -OCH3 is 3. The van der Waals surface area contributed by atoms with Gasteiger partial charge >= 0.3 is 5.97 Å². The van der Waals surface area contributed by atoms with Crippen LogP contribution in [-0.2, 0) is 4.79 Å². The summed E-state index contributed by atoms with van der Waals surface area (Å²) in [6, 6.07) is 8.72. The summed E-state index contributed by atoms with van der Waals surface area (Å²) in [6.45, 7) is 1.13. The van der Waals surface area contributed by atoms with E-state index in [4.69, 9.17) is 37.4 Å². The fraction of sp³-hybridized carbons (Fsp3) is 0.409. The van der Waals surface area contributed by atoms with E-state index in [0.717, 1.165) is 24.1 Å². The van der Waals surface area contributed by atoms with Gasteiger partial charge in [0.2, 0.25) is 5.75 Å². The van der Waals surface area contributed by atoms with Gasteiger partial charge in [0.15, 0.2) is 11.5 Å². The average Bonchev–Trinajstić information content (AvgIpc) is 2.74. The zero-order valence-electron chi connectivity index (χ0n) is 17.2. The van der Waals surface area contributed by atoms with Gasteiger partial charge in [-0.05, 0) is 49.2 Å². The summed E-state index contributed by atoms with van der Waals surface area (Å²) in [5.41, 5.74) is 1.63. The highest BCUT2D eigenvalue weighted by Crippen LogP contribution is 2.47. The quantitative estimate of drug-likeness (QED) is 0.642. The maximum absolute atomic E-state index is 11.7. The zero-order chi connectivity index (χ0) is 21.8. The first kappa shape index (κ1) is 22.5. The molecule has 1 saturated heterocycles. The van der Waals surface area contributed by atoms with E-state index < -0.39 is 11.9 Å². The average molecular weight is 454 g/mol. The lowest BCUT2D eigenvalue weighted by atomic mass is 9.90. The summed E-state index contributed by atoms with van der Waals surface area (Å²) >= 11 is 12.7. The normalized spacial score (nSPS) is 18.0. The van der Waals surface area contributed by atoms with Crippen LogP contribution in [0.2, 0.25) is 10.0 Å². The second-order valence-electron chi connectivity index (χ2n) is 7.16. The number of hydrogen-bond acceptors (Lipinski definition) is 5. The molecule has 0 saturated carbocycles. The third-order valence-corrected chi connectivity index (χ3v) is 6.02. The van der Waals surface area contributed by atoms with Crippen molar-refractivity contribution in [3.63, 3.8) is 0 Å². The Hall–Kier alpha value is -2.15.